The van der Waals surface area contributed by atoms with Crippen LogP contribution in [0.1, 0.15) is 52.1 Å². The first kappa shape index (κ1) is 16.4. The Bertz CT molecular complexity index is 415. The van der Waals surface area contributed by atoms with E-state index in [9.17, 15) is 0 Å². The van der Waals surface area contributed by atoms with Gasteiger partial charge in [0.15, 0.2) is 0 Å². The number of rotatable bonds is 7. The van der Waals surface area contributed by atoms with E-state index in [1.807, 2.05) is 4.68 Å². The van der Waals surface area contributed by atoms with Crippen molar-refractivity contribution in [3.8, 4) is 0 Å². The first-order chi connectivity index (χ1) is 10.1. The van der Waals surface area contributed by atoms with E-state index in [2.05, 4.69) is 54.5 Å². The van der Waals surface area contributed by atoms with Gasteiger partial charge in [-0.25, -0.2) is 0 Å². The average molecular weight is 293 g/mol. The zero-order valence-corrected chi connectivity index (χ0v) is 14.0. The normalized spacial score (nSPS) is 23.1. The molecule has 1 saturated carbocycles. The monoisotopic (exact) mass is 293 g/mol. The molecule has 1 aromatic rings. The molecule has 1 aromatic heterocycles. The van der Waals surface area contributed by atoms with Crippen LogP contribution >= 0.6 is 0 Å². The van der Waals surface area contributed by atoms with Crippen LogP contribution in [0.4, 0.5) is 0 Å². The Balaban J connectivity index is 1.77. The summed E-state index contributed by atoms with van der Waals surface area (Å²) in [4.78, 5) is 2.51. The number of likely N-dealkylation sites (N-methyl/N-ethyl adjacent to an activating group) is 1. The van der Waals surface area contributed by atoms with E-state index < -0.39 is 0 Å². The highest BCUT2D eigenvalue weighted by Gasteiger charge is 2.24. The van der Waals surface area contributed by atoms with Gasteiger partial charge in [-0.3, -0.25) is 4.68 Å². The highest BCUT2D eigenvalue weighted by atomic mass is 15.4. The summed E-state index contributed by atoms with van der Waals surface area (Å²) < 4.78 is 1.97. The molecule has 0 aromatic carbocycles. The second-order valence-electron chi connectivity index (χ2n) is 6.82. The third kappa shape index (κ3) is 5.08. The van der Waals surface area contributed by atoms with Gasteiger partial charge in [-0.1, -0.05) is 38.8 Å². The highest BCUT2D eigenvalue weighted by Crippen LogP contribution is 2.27. The molecule has 2 atom stereocenters. The van der Waals surface area contributed by atoms with Gasteiger partial charge in [0.1, 0.15) is 0 Å². The van der Waals surface area contributed by atoms with Crippen molar-refractivity contribution in [2.24, 2.45) is 5.92 Å². The van der Waals surface area contributed by atoms with E-state index in [0.717, 1.165) is 37.3 Å². The predicted molar refractivity (Wildman–Crippen MR) is 86.0 cm³/mol. The molecule has 0 saturated heterocycles. The minimum absolute atomic E-state index is 0.481. The van der Waals surface area contributed by atoms with Crippen LogP contribution < -0.4 is 5.32 Å². The SMILES string of the molecule is CC(C)NCc1cn(CCN(C)C2CCCCC2C)nn1. The van der Waals surface area contributed by atoms with Gasteiger partial charge < -0.3 is 10.2 Å². The van der Waals surface area contributed by atoms with Crippen molar-refractivity contribution in [1.82, 2.24) is 25.2 Å². The van der Waals surface area contributed by atoms with Crippen LogP contribution in [0, 0.1) is 5.92 Å². The Labute approximate surface area is 129 Å². The third-order valence-electron chi connectivity index (χ3n) is 4.59. The molecule has 5 heteroatoms. The fourth-order valence-electron chi connectivity index (χ4n) is 3.22. The molecule has 1 aliphatic rings. The Morgan fingerprint density at radius 1 is 1.38 bits per heavy atom. The van der Waals surface area contributed by atoms with Crippen LogP contribution in [-0.2, 0) is 13.1 Å². The summed E-state index contributed by atoms with van der Waals surface area (Å²) in [5.41, 5.74) is 1.03. The molecule has 21 heavy (non-hydrogen) atoms. The molecule has 0 aliphatic heterocycles. The van der Waals surface area contributed by atoms with Gasteiger partial charge >= 0.3 is 0 Å². The molecule has 0 spiro atoms. The van der Waals surface area contributed by atoms with Gasteiger partial charge in [-0.15, -0.1) is 5.10 Å². The lowest BCUT2D eigenvalue weighted by atomic mass is 9.85. The third-order valence-corrected chi connectivity index (χ3v) is 4.59. The van der Waals surface area contributed by atoms with Crippen molar-refractivity contribution in [2.75, 3.05) is 13.6 Å². The molecule has 0 radical (unpaired) electrons. The zero-order chi connectivity index (χ0) is 15.2. The van der Waals surface area contributed by atoms with Crippen molar-refractivity contribution in [2.45, 2.75) is 71.6 Å². The van der Waals surface area contributed by atoms with E-state index in [1.165, 1.54) is 25.7 Å². The lowest BCUT2D eigenvalue weighted by molar-refractivity contribution is 0.134. The maximum Gasteiger partial charge on any atom is 0.0964 e. The molecule has 0 bridgehead atoms. The second-order valence-corrected chi connectivity index (χ2v) is 6.82. The Hall–Kier alpha value is -0.940. The molecule has 2 unspecified atom stereocenters. The summed E-state index contributed by atoms with van der Waals surface area (Å²) in [6.07, 6.45) is 7.57. The fourth-order valence-corrected chi connectivity index (χ4v) is 3.22. The molecular weight excluding hydrogens is 262 g/mol. The van der Waals surface area contributed by atoms with E-state index in [1.54, 1.807) is 0 Å². The first-order valence-corrected chi connectivity index (χ1v) is 8.39. The van der Waals surface area contributed by atoms with Crippen LogP contribution in [0.25, 0.3) is 0 Å². The molecule has 120 valence electrons. The lowest BCUT2D eigenvalue weighted by Gasteiger charge is -2.36. The Kier molecular flexibility index (Phi) is 6.18. The molecule has 0 amide bonds. The van der Waals surface area contributed by atoms with Crippen LogP contribution in [0.3, 0.4) is 0 Å². The van der Waals surface area contributed by atoms with Crippen LogP contribution in [0.15, 0.2) is 6.20 Å². The fraction of sp³-hybridized carbons (Fsp3) is 0.875. The van der Waals surface area contributed by atoms with E-state index in [4.69, 9.17) is 0 Å². The number of nitrogens with one attached hydrogen (secondary N) is 1. The summed E-state index contributed by atoms with van der Waals surface area (Å²) in [5, 5.41) is 11.8. The molecule has 1 heterocycles. The van der Waals surface area contributed by atoms with Crippen molar-refractivity contribution < 1.29 is 0 Å². The Morgan fingerprint density at radius 3 is 2.86 bits per heavy atom. The molecule has 1 aliphatic carbocycles. The summed E-state index contributed by atoms with van der Waals surface area (Å²) >= 11 is 0. The van der Waals surface area contributed by atoms with E-state index in [-0.39, 0.29) is 0 Å². The number of hydrogen-bond donors (Lipinski definition) is 1. The summed E-state index contributed by atoms with van der Waals surface area (Å²) in [5.74, 6) is 0.824. The first-order valence-electron chi connectivity index (χ1n) is 8.39. The van der Waals surface area contributed by atoms with Gasteiger partial charge in [0.05, 0.1) is 12.2 Å². The minimum Gasteiger partial charge on any atom is -0.309 e. The van der Waals surface area contributed by atoms with Gasteiger partial charge in [0.2, 0.25) is 0 Å². The molecular formula is C16H31N5. The molecule has 5 nitrogen and oxygen atoms in total. The number of hydrogen-bond acceptors (Lipinski definition) is 4. The standard InChI is InChI=1S/C16H31N5/c1-13(2)17-11-15-12-21(19-18-15)10-9-20(4)16-8-6-5-7-14(16)3/h12-14,16-17H,5-11H2,1-4H3. The lowest BCUT2D eigenvalue weighted by Crippen LogP contribution is -2.40. The van der Waals surface area contributed by atoms with Crippen LogP contribution in [0.5, 0.6) is 0 Å². The quantitative estimate of drug-likeness (QED) is 0.838. The smallest absolute Gasteiger partial charge is 0.0964 e. The van der Waals surface area contributed by atoms with Crippen LogP contribution in [-0.4, -0.2) is 45.6 Å². The van der Waals surface area contributed by atoms with Crippen molar-refractivity contribution in [3.63, 3.8) is 0 Å². The van der Waals surface area contributed by atoms with Gasteiger partial charge in [0.25, 0.3) is 0 Å². The molecule has 2 rings (SSSR count). The maximum atomic E-state index is 4.23. The maximum absolute atomic E-state index is 4.23. The van der Waals surface area contributed by atoms with E-state index in [0.29, 0.717) is 6.04 Å². The van der Waals surface area contributed by atoms with Gasteiger partial charge in [0, 0.05) is 31.4 Å². The van der Waals surface area contributed by atoms with Gasteiger partial charge in [-0.2, -0.15) is 0 Å². The Morgan fingerprint density at radius 2 is 2.14 bits per heavy atom. The van der Waals surface area contributed by atoms with Crippen LogP contribution in [0.2, 0.25) is 0 Å². The van der Waals surface area contributed by atoms with Crippen molar-refractivity contribution in [3.05, 3.63) is 11.9 Å². The number of nitrogens with zero attached hydrogens (tertiary/aromatic N) is 4. The summed E-state index contributed by atoms with van der Waals surface area (Å²) in [6, 6.07) is 1.22. The summed E-state index contributed by atoms with van der Waals surface area (Å²) in [6.45, 7) is 9.46. The number of aromatic nitrogens is 3. The second kappa shape index (κ2) is 7.90. The molecule has 1 N–H and O–H groups in total. The molecule has 1 fully saturated rings. The average Bonchev–Trinajstić information content (AvgIpc) is 2.91. The van der Waals surface area contributed by atoms with E-state index >= 15 is 0 Å². The zero-order valence-electron chi connectivity index (χ0n) is 14.0. The van der Waals surface area contributed by atoms with Crippen molar-refractivity contribution in [1.29, 1.82) is 0 Å². The van der Waals surface area contributed by atoms with Gasteiger partial charge in [-0.05, 0) is 25.8 Å². The predicted octanol–water partition coefficient (Wildman–Crippen LogP) is 2.29. The minimum atomic E-state index is 0.481. The topological polar surface area (TPSA) is 46.0 Å². The largest absolute Gasteiger partial charge is 0.309 e. The highest BCUT2D eigenvalue weighted by molar-refractivity contribution is 4.92. The summed E-state index contributed by atoms with van der Waals surface area (Å²) in [7, 11) is 2.25. The van der Waals surface area contributed by atoms with Crippen molar-refractivity contribution >= 4 is 0 Å².